The number of likely N-dealkylation sites (tertiary alicyclic amines) is 1. The van der Waals surface area contributed by atoms with Crippen molar-refractivity contribution in [2.75, 3.05) is 20.2 Å². The molecule has 3 aliphatic rings. The number of carboxylic acid groups (broad SMARTS) is 1. The first-order chi connectivity index (χ1) is 20.2. The molecule has 43 heavy (non-hydrogen) atoms. The SMILES string of the molecule is COc1cc(C(=O)N2CCC3(CC2)CC(=O)c2cc(-c4cncc(C(=O)O)c4)ccc2O3)cc2c1c(C)cn2C1CC1.[H-].[Na+]. The number of piperidine rings is 1. The summed E-state index contributed by atoms with van der Waals surface area (Å²) < 4.78 is 14.5. The van der Waals surface area contributed by atoms with Crippen molar-refractivity contribution in [1.29, 1.82) is 0 Å². The molecule has 2 fully saturated rings. The molecule has 2 aromatic heterocycles. The summed E-state index contributed by atoms with van der Waals surface area (Å²) in [6.45, 7) is 3.04. The van der Waals surface area contributed by atoms with E-state index in [1.165, 1.54) is 12.3 Å². The molecule has 0 bridgehead atoms. The molecule has 2 aliphatic heterocycles. The maximum Gasteiger partial charge on any atom is 1.00 e. The molecule has 10 heteroatoms. The number of hydrogen-bond donors (Lipinski definition) is 1. The first-order valence-electron chi connectivity index (χ1n) is 14.3. The van der Waals surface area contributed by atoms with Crippen molar-refractivity contribution < 1.29 is 59.9 Å². The molecule has 1 amide bonds. The third-order valence-electron chi connectivity index (χ3n) is 8.86. The average Bonchev–Trinajstić information content (AvgIpc) is 3.79. The zero-order valence-corrected chi connectivity index (χ0v) is 26.6. The second-order valence-electron chi connectivity index (χ2n) is 11.7. The fourth-order valence-electron chi connectivity index (χ4n) is 6.45. The van der Waals surface area contributed by atoms with Crippen molar-refractivity contribution in [3.8, 4) is 22.6 Å². The monoisotopic (exact) mass is 589 g/mol. The summed E-state index contributed by atoms with van der Waals surface area (Å²) in [6, 6.07) is 11.2. The standard InChI is InChI=1S/C33H31N3O6.Na.H/c1-19-18-36(24-4-5-24)26-13-21(14-29(41-2)30(19)26)31(38)35-9-7-33(8-10-35)15-27(37)25-12-20(3-6-28(25)42-33)22-11-23(32(39)40)17-34-16-22;;/h3,6,11-14,16-18,24H,4-5,7-10,15H2,1-2H3,(H,39,40);;/q;+1;-1. The van der Waals surface area contributed by atoms with Crippen molar-refractivity contribution in [2.45, 2.75) is 50.7 Å². The van der Waals surface area contributed by atoms with Crippen LogP contribution in [0.4, 0.5) is 0 Å². The fourth-order valence-corrected chi connectivity index (χ4v) is 6.45. The number of fused-ring (bicyclic) bond motifs is 2. The molecule has 1 saturated carbocycles. The van der Waals surface area contributed by atoms with Gasteiger partial charge in [-0.3, -0.25) is 14.6 Å². The number of aromatic nitrogens is 2. The van der Waals surface area contributed by atoms with E-state index in [1.54, 1.807) is 25.4 Å². The third kappa shape index (κ3) is 5.24. The van der Waals surface area contributed by atoms with Gasteiger partial charge in [0, 0.05) is 67.1 Å². The molecule has 1 aliphatic carbocycles. The zero-order chi connectivity index (χ0) is 29.2. The zero-order valence-electron chi connectivity index (χ0n) is 25.6. The van der Waals surface area contributed by atoms with Gasteiger partial charge in [0.25, 0.3) is 5.91 Å². The molecule has 0 radical (unpaired) electrons. The van der Waals surface area contributed by atoms with Gasteiger partial charge in [0.15, 0.2) is 5.78 Å². The number of carbonyl (C=O) groups is 3. The molecule has 4 aromatic rings. The normalized spacial score (nSPS) is 17.3. The molecule has 1 spiro atoms. The van der Waals surface area contributed by atoms with Gasteiger partial charge < -0.3 is 25.5 Å². The number of rotatable bonds is 5. The largest absolute Gasteiger partial charge is 1.00 e. The van der Waals surface area contributed by atoms with Gasteiger partial charge >= 0.3 is 35.5 Å². The van der Waals surface area contributed by atoms with Crippen molar-refractivity contribution >= 4 is 28.6 Å². The van der Waals surface area contributed by atoms with E-state index in [0.717, 1.165) is 29.3 Å². The second kappa shape index (κ2) is 11.1. The molecule has 216 valence electrons. The van der Waals surface area contributed by atoms with Crippen LogP contribution in [0.3, 0.4) is 0 Å². The number of pyridine rings is 1. The number of methoxy groups -OCH3 is 1. The number of carboxylic acids is 1. The number of ketones is 1. The van der Waals surface area contributed by atoms with Gasteiger partial charge in [0.1, 0.15) is 17.1 Å². The van der Waals surface area contributed by atoms with E-state index in [4.69, 9.17) is 9.47 Å². The van der Waals surface area contributed by atoms with Crippen LogP contribution in [-0.2, 0) is 0 Å². The molecular weight excluding hydrogens is 557 g/mol. The van der Waals surface area contributed by atoms with Gasteiger partial charge in [-0.2, -0.15) is 0 Å². The fraction of sp³-hybridized carbons (Fsp3) is 0.333. The topological polar surface area (TPSA) is 111 Å². The molecule has 7 rings (SSSR count). The summed E-state index contributed by atoms with van der Waals surface area (Å²) in [5.74, 6) is 0.103. The molecule has 2 aromatic carbocycles. The first-order valence-corrected chi connectivity index (χ1v) is 14.3. The van der Waals surface area contributed by atoms with Crippen molar-refractivity contribution in [3.63, 3.8) is 0 Å². The number of nitrogens with zero attached hydrogens (tertiary/aromatic N) is 3. The van der Waals surface area contributed by atoms with Crippen LogP contribution in [-0.4, -0.2) is 63.0 Å². The average molecular weight is 590 g/mol. The van der Waals surface area contributed by atoms with Crippen LogP contribution in [0, 0.1) is 6.92 Å². The Morgan fingerprint density at radius 1 is 1.07 bits per heavy atom. The van der Waals surface area contributed by atoms with E-state index < -0.39 is 11.6 Å². The molecule has 0 unspecified atom stereocenters. The van der Waals surface area contributed by atoms with Gasteiger partial charge in [-0.1, -0.05) is 6.07 Å². The summed E-state index contributed by atoms with van der Waals surface area (Å²) in [7, 11) is 1.64. The number of Topliss-reactive ketones (excluding diaryl/α,β-unsaturated/α-hetero) is 1. The number of hydrogen-bond acceptors (Lipinski definition) is 6. The second-order valence-corrected chi connectivity index (χ2v) is 11.7. The van der Waals surface area contributed by atoms with Gasteiger partial charge in [0.05, 0.1) is 30.2 Å². The summed E-state index contributed by atoms with van der Waals surface area (Å²) in [4.78, 5) is 44.3. The van der Waals surface area contributed by atoms with Gasteiger partial charge in [0.2, 0.25) is 0 Å². The van der Waals surface area contributed by atoms with E-state index in [2.05, 4.69) is 22.7 Å². The predicted molar refractivity (Wildman–Crippen MR) is 157 cm³/mol. The summed E-state index contributed by atoms with van der Waals surface area (Å²) in [5, 5.41) is 10.4. The number of carbonyl (C=O) groups excluding carboxylic acids is 2. The summed E-state index contributed by atoms with van der Waals surface area (Å²) >= 11 is 0. The van der Waals surface area contributed by atoms with E-state index in [-0.39, 0.29) is 54.7 Å². The summed E-state index contributed by atoms with van der Waals surface area (Å²) in [5.41, 5.74) is 4.01. The summed E-state index contributed by atoms with van der Waals surface area (Å²) in [6.07, 6.45) is 8.65. The Labute approximate surface area is 272 Å². The minimum Gasteiger partial charge on any atom is -1.00 e. The Hall–Kier alpha value is -3.66. The molecule has 1 N–H and O–H groups in total. The Bertz CT molecular complexity index is 1790. The number of ether oxygens (including phenoxy) is 2. The van der Waals surface area contributed by atoms with Crippen LogP contribution in [0.2, 0.25) is 0 Å². The Morgan fingerprint density at radius 2 is 1.84 bits per heavy atom. The maximum absolute atomic E-state index is 13.7. The Morgan fingerprint density at radius 3 is 2.53 bits per heavy atom. The van der Waals surface area contributed by atoms with Crippen molar-refractivity contribution in [1.82, 2.24) is 14.5 Å². The number of benzene rings is 2. The molecule has 1 saturated heterocycles. The van der Waals surface area contributed by atoms with Gasteiger partial charge in [-0.25, -0.2) is 4.79 Å². The van der Waals surface area contributed by atoms with Crippen LogP contribution in [0.15, 0.2) is 55.0 Å². The third-order valence-corrected chi connectivity index (χ3v) is 8.86. The van der Waals surface area contributed by atoms with E-state index in [0.29, 0.717) is 65.7 Å². The number of aryl methyl sites for hydroxylation is 1. The van der Waals surface area contributed by atoms with Crippen LogP contribution in [0.1, 0.15) is 76.2 Å². The van der Waals surface area contributed by atoms with Crippen LogP contribution in [0.25, 0.3) is 22.0 Å². The Kier molecular flexibility index (Phi) is 7.61. The number of aromatic carboxylic acids is 1. The predicted octanol–water partition coefficient (Wildman–Crippen LogP) is 2.81. The van der Waals surface area contributed by atoms with E-state index >= 15 is 0 Å². The smallest absolute Gasteiger partial charge is 1.00 e. The molecular formula is C33H32N3NaO6. The van der Waals surface area contributed by atoms with Crippen LogP contribution < -0.4 is 39.0 Å². The van der Waals surface area contributed by atoms with Crippen LogP contribution >= 0.6 is 0 Å². The molecule has 4 heterocycles. The molecule has 0 atom stereocenters. The van der Waals surface area contributed by atoms with Crippen LogP contribution in [0.5, 0.6) is 11.5 Å². The van der Waals surface area contributed by atoms with Crippen molar-refractivity contribution in [2.24, 2.45) is 0 Å². The number of amides is 1. The minimum atomic E-state index is -1.06. The van der Waals surface area contributed by atoms with Gasteiger partial charge in [-0.15, -0.1) is 0 Å². The van der Waals surface area contributed by atoms with Crippen molar-refractivity contribution in [3.05, 3.63) is 77.2 Å². The Balaban J connectivity index is 0.00000192. The minimum absolute atomic E-state index is 0. The molecule has 9 nitrogen and oxygen atoms in total. The van der Waals surface area contributed by atoms with E-state index in [1.807, 2.05) is 23.1 Å². The maximum atomic E-state index is 13.7. The van der Waals surface area contributed by atoms with Gasteiger partial charge in [-0.05, 0) is 61.2 Å². The first kappa shape index (κ1) is 29.4. The van der Waals surface area contributed by atoms with E-state index in [9.17, 15) is 19.5 Å². The quantitative estimate of drug-likeness (QED) is 0.357.